The van der Waals surface area contributed by atoms with E-state index in [-0.39, 0.29) is 11.8 Å². The Balaban J connectivity index is 1.56. The fourth-order valence-electron chi connectivity index (χ4n) is 2.75. The Kier molecular flexibility index (Phi) is 4.76. The first-order chi connectivity index (χ1) is 11.1. The maximum absolute atomic E-state index is 12.3. The number of pyridine rings is 2. The normalized spacial score (nSPS) is 15.5. The van der Waals surface area contributed by atoms with Gasteiger partial charge in [0.05, 0.1) is 5.02 Å². The number of carbonyl (C=O) groups excluding carboxylic acids is 1. The van der Waals surface area contributed by atoms with E-state index >= 15 is 0 Å². The average molecular weight is 331 g/mol. The molecule has 0 aromatic carbocycles. The molecule has 120 valence electrons. The fourth-order valence-corrected chi connectivity index (χ4v) is 2.87. The molecule has 1 fully saturated rings. The Bertz CT molecular complexity index is 681. The van der Waals surface area contributed by atoms with Crippen molar-refractivity contribution in [3.05, 3.63) is 47.2 Å². The van der Waals surface area contributed by atoms with E-state index in [1.165, 1.54) is 6.20 Å². The topological polar surface area (TPSA) is 58.1 Å². The number of aryl methyl sites for hydroxylation is 1. The van der Waals surface area contributed by atoms with Gasteiger partial charge in [-0.3, -0.25) is 4.79 Å². The second kappa shape index (κ2) is 6.96. The molecule has 1 amide bonds. The van der Waals surface area contributed by atoms with Crippen LogP contribution in [0.1, 0.15) is 18.5 Å². The maximum Gasteiger partial charge on any atom is 0.228 e. The van der Waals surface area contributed by atoms with Crippen molar-refractivity contribution < 1.29 is 4.79 Å². The predicted octanol–water partition coefficient (Wildman–Crippen LogP) is 3.29. The van der Waals surface area contributed by atoms with Gasteiger partial charge in [-0.25, -0.2) is 9.97 Å². The number of nitrogens with one attached hydrogen (secondary N) is 1. The summed E-state index contributed by atoms with van der Waals surface area (Å²) in [5.41, 5.74) is 1.01. The largest absolute Gasteiger partial charge is 0.357 e. The lowest BCUT2D eigenvalue weighted by molar-refractivity contribution is -0.120. The minimum atomic E-state index is 0.00790. The highest BCUT2D eigenvalue weighted by molar-refractivity contribution is 6.30. The Hall–Kier alpha value is -2.14. The lowest BCUT2D eigenvalue weighted by Crippen LogP contribution is -2.38. The first-order valence-electron chi connectivity index (χ1n) is 7.73. The molecule has 0 spiro atoms. The summed E-state index contributed by atoms with van der Waals surface area (Å²) in [5.74, 6) is 1.57. The molecule has 6 heteroatoms. The van der Waals surface area contributed by atoms with Gasteiger partial charge in [-0.1, -0.05) is 17.7 Å². The minimum absolute atomic E-state index is 0.00790. The van der Waals surface area contributed by atoms with Gasteiger partial charge in [-0.05, 0) is 44.0 Å². The lowest BCUT2D eigenvalue weighted by Gasteiger charge is -2.32. The molecule has 3 heterocycles. The van der Waals surface area contributed by atoms with Crippen LogP contribution in [0, 0.1) is 12.8 Å². The lowest BCUT2D eigenvalue weighted by atomic mass is 9.96. The monoisotopic (exact) mass is 330 g/mol. The van der Waals surface area contributed by atoms with Crippen molar-refractivity contribution in [1.82, 2.24) is 9.97 Å². The van der Waals surface area contributed by atoms with Crippen LogP contribution in [0.15, 0.2) is 36.5 Å². The van der Waals surface area contributed by atoms with Gasteiger partial charge in [-0.15, -0.1) is 0 Å². The van der Waals surface area contributed by atoms with Crippen LogP contribution in [0.25, 0.3) is 0 Å². The molecule has 0 saturated carbocycles. The summed E-state index contributed by atoms with van der Waals surface area (Å²) in [6, 6.07) is 9.46. The van der Waals surface area contributed by atoms with Crippen LogP contribution in [0.4, 0.5) is 11.6 Å². The number of aromatic nitrogens is 2. The Morgan fingerprint density at radius 1 is 1.26 bits per heavy atom. The van der Waals surface area contributed by atoms with Crippen LogP contribution in [0.3, 0.4) is 0 Å². The van der Waals surface area contributed by atoms with E-state index in [1.807, 2.05) is 25.1 Å². The summed E-state index contributed by atoms with van der Waals surface area (Å²) in [6.45, 7) is 3.66. The standard InChI is InChI=1S/C17H19ClN4O/c1-12-3-2-4-16(20-12)22-9-7-13(8-10-22)17(23)21-15-6-5-14(18)11-19-15/h2-6,11,13H,7-10H2,1H3,(H,19,21,23). The molecular formula is C17H19ClN4O. The van der Waals surface area contributed by atoms with Gasteiger partial charge >= 0.3 is 0 Å². The van der Waals surface area contributed by atoms with Gasteiger partial charge < -0.3 is 10.2 Å². The second-order valence-corrected chi connectivity index (χ2v) is 6.19. The molecule has 1 aliphatic heterocycles. The third-order valence-electron chi connectivity index (χ3n) is 4.04. The molecular weight excluding hydrogens is 312 g/mol. The van der Waals surface area contributed by atoms with E-state index in [9.17, 15) is 4.79 Å². The zero-order valence-electron chi connectivity index (χ0n) is 13.0. The van der Waals surface area contributed by atoms with Gasteiger partial charge in [0.1, 0.15) is 11.6 Å². The number of anilines is 2. The number of halogens is 1. The first-order valence-corrected chi connectivity index (χ1v) is 8.10. The third-order valence-corrected chi connectivity index (χ3v) is 4.27. The fraction of sp³-hybridized carbons (Fsp3) is 0.353. The van der Waals surface area contributed by atoms with E-state index in [0.29, 0.717) is 10.8 Å². The molecule has 0 unspecified atom stereocenters. The number of carbonyl (C=O) groups is 1. The summed E-state index contributed by atoms with van der Waals surface area (Å²) < 4.78 is 0. The van der Waals surface area contributed by atoms with Crippen LogP contribution in [-0.2, 0) is 4.79 Å². The third kappa shape index (κ3) is 3.99. The molecule has 2 aromatic heterocycles. The second-order valence-electron chi connectivity index (χ2n) is 5.75. The molecule has 0 radical (unpaired) electrons. The van der Waals surface area contributed by atoms with Gasteiger partial charge in [-0.2, -0.15) is 0 Å². The summed E-state index contributed by atoms with van der Waals surface area (Å²) in [7, 11) is 0. The Labute approximate surface area is 140 Å². The summed E-state index contributed by atoms with van der Waals surface area (Å²) in [4.78, 5) is 23.2. The summed E-state index contributed by atoms with van der Waals surface area (Å²) in [5, 5.41) is 3.42. The Morgan fingerprint density at radius 2 is 2.04 bits per heavy atom. The number of hydrogen-bond acceptors (Lipinski definition) is 4. The zero-order valence-corrected chi connectivity index (χ0v) is 13.8. The van der Waals surface area contributed by atoms with E-state index in [4.69, 9.17) is 11.6 Å². The molecule has 0 aliphatic carbocycles. The number of piperidine rings is 1. The van der Waals surface area contributed by atoms with Crippen LogP contribution in [-0.4, -0.2) is 29.0 Å². The van der Waals surface area contributed by atoms with Crippen LogP contribution < -0.4 is 10.2 Å². The first kappa shape index (κ1) is 15.7. The van der Waals surface area contributed by atoms with Crippen molar-refractivity contribution >= 4 is 29.1 Å². The molecule has 1 aliphatic rings. The highest BCUT2D eigenvalue weighted by Crippen LogP contribution is 2.23. The molecule has 3 rings (SSSR count). The van der Waals surface area contributed by atoms with Crippen LogP contribution >= 0.6 is 11.6 Å². The highest BCUT2D eigenvalue weighted by Gasteiger charge is 2.25. The van der Waals surface area contributed by atoms with Crippen molar-refractivity contribution in [2.24, 2.45) is 5.92 Å². The van der Waals surface area contributed by atoms with E-state index in [0.717, 1.165) is 37.4 Å². The zero-order chi connectivity index (χ0) is 16.2. The van der Waals surface area contributed by atoms with Crippen molar-refractivity contribution in [2.45, 2.75) is 19.8 Å². The van der Waals surface area contributed by atoms with Crippen molar-refractivity contribution in [3.8, 4) is 0 Å². The smallest absolute Gasteiger partial charge is 0.228 e. The quantitative estimate of drug-likeness (QED) is 0.938. The van der Waals surface area contributed by atoms with Crippen molar-refractivity contribution in [3.63, 3.8) is 0 Å². The number of nitrogens with zero attached hydrogens (tertiary/aromatic N) is 3. The van der Waals surface area contributed by atoms with Crippen molar-refractivity contribution in [1.29, 1.82) is 0 Å². The molecule has 1 saturated heterocycles. The molecule has 23 heavy (non-hydrogen) atoms. The molecule has 5 nitrogen and oxygen atoms in total. The van der Waals surface area contributed by atoms with E-state index in [1.54, 1.807) is 12.1 Å². The highest BCUT2D eigenvalue weighted by atomic mass is 35.5. The summed E-state index contributed by atoms with van der Waals surface area (Å²) in [6.07, 6.45) is 3.16. The number of hydrogen-bond donors (Lipinski definition) is 1. The van der Waals surface area contributed by atoms with Gasteiger partial charge in [0.15, 0.2) is 0 Å². The van der Waals surface area contributed by atoms with Crippen LogP contribution in [0.5, 0.6) is 0 Å². The number of amides is 1. The number of rotatable bonds is 3. The minimum Gasteiger partial charge on any atom is -0.357 e. The molecule has 1 N–H and O–H groups in total. The SMILES string of the molecule is Cc1cccc(N2CCC(C(=O)Nc3ccc(Cl)cn3)CC2)n1. The molecule has 0 bridgehead atoms. The molecule has 2 aromatic rings. The average Bonchev–Trinajstić information content (AvgIpc) is 2.57. The maximum atomic E-state index is 12.3. The van der Waals surface area contributed by atoms with E-state index in [2.05, 4.69) is 20.2 Å². The van der Waals surface area contributed by atoms with Gasteiger partial charge in [0.25, 0.3) is 0 Å². The van der Waals surface area contributed by atoms with Crippen molar-refractivity contribution in [2.75, 3.05) is 23.3 Å². The molecule has 0 atom stereocenters. The van der Waals surface area contributed by atoms with E-state index < -0.39 is 0 Å². The summed E-state index contributed by atoms with van der Waals surface area (Å²) >= 11 is 5.80. The Morgan fingerprint density at radius 3 is 2.70 bits per heavy atom. The van der Waals surface area contributed by atoms with Gasteiger partial charge in [0, 0.05) is 30.9 Å². The predicted molar refractivity (Wildman–Crippen MR) is 91.8 cm³/mol. The van der Waals surface area contributed by atoms with Crippen LogP contribution in [0.2, 0.25) is 5.02 Å². The van der Waals surface area contributed by atoms with Gasteiger partial charge in [0.2, 0.25) is 5.91 Å².